The minimum Gasteiger partial charge on any atom is -0.439 e. The van der Waals surface area contributed by atoms with E-state index in [2.05, 4.69) is 5.32 Å². The van der Waals surface area contributed by atoms with Crippen LogP contribution in [0.15, 0.2) is 54.6 Å². The van der Waals surface area contributed by atoms with Gasteiger partial charge in [-0.05, 0) is 29.8 Å². The van der Waals surface area contributed by atoms with Crippen molar-refractivity contribution in [3.63, 3.8) is 0 Å². The molecule has 0 radical (unpaired) electrons. The van der Waals surface area contributed by atoms with E-state index in [0.29, 0.717) is 0 Å². The van der Waals surface area contributed by atoms with Crippen LogP contribution in [0.25, 0.3) is 0 Å². The zero-order valence-corrected chi connectivity index (χ0v) is 13.1. The van der Waals surface area contributed by atoms with Crippen molar-refractivity contribution in [1.82, 2.24) is 10.2 Å². The van der Waals surface area contributed by atoms with Crippen molar-refractivity contribution in [2.45, 2.75) is 6.04 Å². The number of amides is 3. The SMILES string of the molecule is O=C(NC(CN1C(=O)COC1=O)c1ccccc1)c1ccc(F)cc1. The molecular formula is C18H15FN2O4. The molecule has 25 heavy (non-hydrogen) atoms. The molecule has 7 heteroatoms. The summed E-state index contributed by atoms with van der Waals surface area (Å²) in [5, 5.41) is 2.77. The van der Waals surface area contributed by atoms with E-state index in [9.17, 15) is 18.8 Å². The molecule has 2 aromatic carbocycles. The van der Waals surface area contributed by atoms with Crippen molar-refractivity contribution in [3.8, 4) is 0 Å². The number of hydrogen-bond donors (Lipinski definition) is 1. The van der Waals surface area contributed by atoms with Crippen LogP contribution in [-0.4, -0.2) is 36.0 Å². The molecule has 0 aliphatic carbocycles. The highest BCUT2D eigenvalue weighted by atomic mass is 19.1. The summed E-state index contributed by atoms with van der Waals surface area (Å²) in [6.45, 7) is -0.346. The summed E-state index contributed by atoms with van der Waals surface area (Å²) in [6, 6.07) is 13.4. The minimum absolute atomic E-state index is 0.0470. The number of imide groups is 1. The number of benzene rings is 2. The summed E-state index contributed by atoms with van der Waals surface area (Å²) in [7, 11) is 0. The van der Waals surface area contributed by atoms with Gasteiger partial charge >= 0.3 is 6.09 Å². The third-order valence-electron chi connectivity index (χ3n) is 3.82. The molecule has 2 aromatic rings. The van der Waals surface area contributed by atoms with Gasteiger partial charge in [-0.15, -0.1) is 0 Å². The van der Waals surface area contributed by atoms with Crippen molar-refractivity contribution in [2.24, 2.45) is 0 Å². The van der Waals surface area contributed by atoms with Gasteiger partial charge in [0.2, 0.25) is 0 Å². The molecule has 0 saturated carbocycles. The maximum atomic E-state index is 13.0. The lowest BCUT2D eigenvalue weighted by Gasteiger charge is -2.22. The fourth-order valence-corrected chi connectivity index (χ4v) is 2.50. The van der Waals surface area contributed by atoms with E-state index in [4.69, 9.17) is 4.74 Å². The van der Waals surface area contributed by atoms with Crippen LogP contribution in [0.1, 0.15) is 22.0 Å². The number of nitrogens with zero attached hydrogens (tertiary/aromatic N) is 1. The first kappa shape index (κ1) is 16.6. The van der Waals surface area contributed by atoms with Crippen LogP contribution in [0.4, 0.5) is 9.18 Å². The zero-order chi connectivity index (χ0) is 17.8. The molecular weight excluding hydrogens is 327 g/mol. The second-order valence-corrected chi connectivity index (χ2v) is 5.50. The van der Waals surface area contributed by atoms with Crippen molar-refractivity contribution in [3.05, 3.63) is 71.5 Å². The van der Waals surface area contributed by atoms with Gasteiger partial charge in [-0.2, -0.15) is 0 Å². The number of carbonyl (C=O) groups is 3. The first-order chi connectivity index (χ1) is 12.0. The highest BCUT2D eigenvalue weighted by Crippen LogP contribution is 2.18. The standard InChI is InChI=1S/C18H15FN2O4/c19-14-8-6-13(7-9-14)17(23)20-15(12-4-2-1-3-5-12)10-21-16(22)11-25-18(21)24/h1-9,15H,10-11H2,(H,20,23). The molecule has 3 rings (SSSR count). The molecule has 1 aliphatic rings. The zero-order valence-electron chi connectivity index (χ0n) is 13.1. The summed E-state index contributed by atoms with van der Waals surface area (Å²) < 4.78 is 17.7. The third-order valence-corrected chi connectivity index (χ3v) is 3.82. The van der Waals surface area contributed by atoms with Crippen molar-refractivity contribution < 1.29 is 23.5 Å². The average molecular weight is 342 g/mol. The van der Waals surface area contributed by atoms with E-state index in [1.807, 2.05) is 6.07 Å². The Hall–Kier alpha value is -3.22. The fourth-order valence-electron chi connectivity index (χ4n) is 2.50. The first-order valence-electron chi connectivity index (χ1n) is 7.63. The Morgan fingerprint density at radius 2 is 1.80 bits per heavy atom. The molecule has 1 heterocycles. The molecule has 0 spiro atoms. The van der Waals surface area contributed by atoms with E-state index < -0.39 is 29.8 Å². The van der Waals surface area contributed by atoms with Gasteiger partial charge in [-0.3, -0.25) is 9.59 Å². The summed E-state index contributed by atoms with van der Waals surface area (Å²) >= 11 is 0. The van der Waals surface area contributed by atoms with Crippen LogP contribution < -0.4 is 5.32 Å². The molecule has 128 valence electrons. The molecule has 0 bridgehead atoms. The van der Waals surface area contributed by atoms with Crippen molar-refractivity contribution >= 4 is 17.9 Å². The second kappa shape index (κ2) is 7.12. The summed E-state index contributed by atoms with van der Waals surface area (Å²) in [5.74, 6) is -1.34. The van der Waals surface area contributed by atoms with Crippen LogP contribution >= 0.6 is 0 Å². The topological polar surface area (TPSA) is 75.7 Å². The van der Waals surface area contributed by atoms with Gasteiger partial charge in [0.05, 0.1) is 12.6 Å². The van der Waals surface area contributed by atoms with Gasteiger partial charge in [0.25, 0.3) is 11.8 Å². The normalized spacial score (nSPS) is 15.0. The maximum Gasteiger partial charge on any atom is 0.417 e. The van der Waals surface area contributed by atoms with E-state index in [0.717, 1.165) is 10.5 Å². The van der Waals surface area contributed by atoms with Gasteiger partial charge in [0.1, 0.15) is 5.82 Å². The number of rotatable bonds is 5. The number of halogens is 1. The maximum absolute atomic E-state index is 13.0. The van der Waals surface area contributed by atoms with Crippen LogP contribution in [0.2, 0.25) is 0 Å². The monoisotopic (exact) mass is 342 g/mol. The average Bonchev–Trinajstić information content (AvgIpc) is 2.94. The Kier molecular flexibility index (Phi) is 4.74. The Labute approximate surface area is 143 Å². The van der Waals surface area contributed by atoms with E-state index in [1.165, 1.54) is 24.3 Å². The molecule has 1 fully saturated rings. The number of carbonyl (C=O) groups excluding carboxylic acids is 3. The largest absolute Gasteiger partial charge is 0.439 e. The predicted octanol–water partition coefficient (Wildman–Crippen LogP) is 2.28. The Morgan fingerprint density at radius 1 is 1.12 bits per heavy atom. The lowest BCUT2D eigenvalue weighted by Crippen LogP contribution is -2.40. The summed E-state index contributed by atoms with van der Waals surface area (Å²) in [4.78, 5) is 36.8. The van der Waals surface area contributed by atoms with Gasteiger partial charge in [-0.25, -0.2) is 14.1 Å². The van der Waals surface area contributed by atoms with E-state index >= 15 is 0 Å². The fraction of sp³-hybridized carbons (Fsp3) is 0.167. The van der Waals surface area contributed by atoms with Crippen LogP contribution in [0, 0.1) is 5.82 Å². The van der Waals surface area contributed by atoms with Crippen LogP contribution in [-0.2, 0) is 9.53 Å². The number of nitrogens with one attached hydrogen (secondary N) is 1. The highest BCUT2D eigenvalue weighted by molar-refractivity contribution is 5.98. The van der Waals surface area contributed by atoms with Crippen LogP contribution in [0.5, 0.6) is 0 Å². The third kappa shape index (κ3) is 3.82. The van der Waals surface area contributed by atoms with Crippen LogP contribution in [0.3, 0.4) is 0 Å². The van der Waals surface area contributed by atoms with Gasteiger partial charge in [0, 0.05) is 5.56 Å². The lowest BCUT2D eigenvalue weighted by molar-refractivity contribution is -0.126. The van der Waals surface area contributed by atoms with Crippen molar-refractivity contribution in [2.75, 3.05) is 13.2 Å². The quantitative estimate of drug-likeness (QED) is 0.904. The molecule has 3 amide bonds. The van der Waals surface area contributed by atoms with Gasteiger partial charge in [-0.1, -0.05) is 30.3 Å². The minimum atomic E-state index is -0.734. The number of hydrogen-bond acceptors (Lipinski definition) is 4. The van der Waals surface area contributed by atoms with Gasteiger partial charge in [0.15, 0.2) is 6.61 Å². The molecule has 0 aromatic heterocycles. The molecule has 1 N–H and O–H groups in total. The van der Waals surface area contributed by atoms with E-state index in [-0.39, 0.29) is 18.7 Å². The number of cyclic esters (lactones) is 1. The summed E-state index contributed by atoms with van der Waals surface area (Å²) in [6.07, 6.45) is -0.734. The summed E-state index contributed by atoms with van der Waals surface area (Å²) in [5.41, 5.74) is 1.00. The van der Waals surface area contributed by atoms with E-state index in [1.54, 1.807) is 24.3 Å². The molecule has 1 atom stereocenters. The predicted molar refractivity (Wildman–Crippen MR) is 86.1 cm³/mol. The molecule has 1 saturated heterocycles. The highest BCUT2D eigenvalue weighted by Gasteiger charge is 2.33. The molecule has 6 nitrogen and oxygen atoms in total. The van der Waals surface area contributed by atoms with Gasteiger partial charge < -0.3 is 10.1 Å². The van der Waals surface area contributed by atoms with Crippen molar-refractivity contribution in [1.29, 1.82) is 0 Å². The molecule has 1 unspecified atom stereocenters. The second-order valence-electron chi connectivity index (χ2n) is 5.50. The molecule has 1 aliphatic heterocycles. The Balaban J connectivity index is 1.81. The first-order valence-corrected chi connectivity index (χ1v) is 7.63. The Morgan fingerprint density at radius 3 is 2.40 bits per heavy atom. The number of ether oxygens (including phenoxy) is 1. The smallest absolute Gasteiger partial charge is 0.417 e. The Bertz CT molecular complexity index is 776. The lowest BCUT2D eigenvalue weighted by atomic mass is 10.1.